The third-order valence-corrected chi connectivity index (χ3v) is 3.34. The highest BCUT2D eigenvalue weighted by Gasteiger charge is 2.12. The van der Waals surface area contributed by atoms with Crippen molar-refractivity contribution in [1.29, 1.82) is 0 Å². The normalized spacial score (nSPS) is 11.6. The Labute approximate surface area is 138 Å². The zero-order valence-electron chi connectivity index (χ0n) is 12.1. The third kappa shape index (κ3) is 5.28. The van der Waals surface area contributed by atoms with Gasteiger partial charge in [0.1, 0.15) is 6.04 Å². The Morgan fingerprint density at radius 3 is 1.96 bits per heavy atom. The molecule has 0 aromatic heterocycles. The number of anilines is 2. The Hall–Kier alpha value is -2.57. The first kappa shape index (κ1) is 16.8. The molecule has 0 radical (unpaired) electrons. The monoisotopic (exact) mass is 333 g/mol. The summed E-state index contributed by atoms with van der Waals surface area (Å²) in [5.74, 6) is -1.05. The van der Waals surface area contributed by atoms with Gasteiger partial charge in [0.25, 0.3) is 0 Å². The van der Waals surface area contributed by atoms with Gasteiger partial charge in [0.2, 0.25) is 0 Å². The molecule has 2 rings (SSSR count). The summed E-state index contributed by atoms with van der Waals surface area (Å²) in [6, 6.07) is 12.2. The molecule has 2 aromatic carbocycles. The van der Waals surface area contributed by atoms with Crippen molar-refractivity contribution in [3.63, 3.8) is 0 Å². The van der Waals surface area contributed by atoms with Gasteiger partial charge in [-0.25, -0.2) is 4.79 Å². The third-order valence-electron chi connectivity index (χ3n) is 3.09. The first-order valence-corrected chi connectivity index (χ1v) is 7.23. The molecule has 0 bridgehead atoms. The van der Waals surface area contributed by atoms with E-state index in [0.717, 1.165) is 5.56 Å². The van der Waals surface area contributed by atoms with Crippen LogP contribution in [0.15, 0.2) is 48.5 Å². The van der Waals surface area contributed by atoms with Crippen LogP contribution in [-0.4, -0.2) is 23.1 Å². The maximum atomic E-state index is 11.9. The number of hydrogen-bond acceptors (Lipinski definition) is 3. The number of hydrogen-bond donors (Lipinski definition) is 4. The van der Waals surface area contributed by atoms with Crippen LogP contribution in [0.3, 0.4) is 0 Å². The van der Waals surface area contributed by atoms with Gasteiger partial charge in [-0.3, -0.25) is 4.79 Å². The highest BCUT2D eigenvalue weighted by Crippen LogP contribution is 2.15. The van der Waals surface area contributed by atoms with Gasteiger partial charge in [0.15, 0.2) is 0 Å². The molecule has 0 aliphatic rings. The van der Waals surface area contributed by atoms with Gasteiger partial charge < -0.3 is 21.5 Å². The van der Waals surface area contributed by atoms with Crippen LogP contribution in [0.5, 0.6) is 0 Å². The van der Waals surface area contributed by atoms with Crippen LogP contribution < -0.4 is 16.4 Å². The van der Waals surface area contributed by atoms with Crippen LogP contribution in [0.1, 0.15) is 5.56 Å². The molecule has 7 heteroatoms. The van der Waals surface area contributed by atoms with E-state index >= 15 is 0 Å². The Morgan fingerprint density at radius 2 is 1.48 bits per heavy atom. The van der Waals surface area contributed by atoms with Crippen molar-refractivity contribution in [3.8, 4) is 0 Å². The number of carbonyl (C=O) groups excluding carboxylic acids is 1. The van der Waals surface area contributed by atoms with Crippen molar-refractivity contribution >= 4 is 35.0 Å². The molecule has 0 unspecified atom stereocenters. The number of carboxylic acid groups (broad SMARTS) is 1. The van der Waals surface area contributed by atoms with E-state index in [1.807, 2.05) is 0 Å². The maximum absolute atomic E-state index is 11.9. The first-order valence-electron chi connectivity index (χ1n) is 6.85. The minimum Gasteiger partial charge on any atom is -0.480 e. The van der Waals surface area contributed by atoms with E-state index in [0.29, 0.717) is 16.4 Å². The number of benzene rings is 2. The molecule has 0 aliphatic heterocycles. The zero-order valence-corrected chi connectivity index (χ0v) is 12.9. The number of amides is 2. The lowest BCUT2D eigenvalue weighted by molar-refractivity contribution is -0.138. The van der Waals surface area contributed by atoms with Crippen molar-refractivity contribution in [2.75, 3.05) is 10.6 Å². The van der Waals surface area contributed by atoms with Crippen molar-refractivity contribution in [2.45, 2.75) is 12.5 Å². The van der Waals surface area contributed by atoms with E-state index in [1.54, 1.807) is 48.5 Å². The second kappa shape index (κ2) is 7.62. The average molecular weight is 334 g/mol. The molecule has 0 saturated heterocycles. The molecule has 2 amide bonds. The molecule has 0 heterocycles. The lowest BCUT2D eigenvalue weighted by atomic mass is 10.1. The van der Waals surface area contributed by atoms with Gasteiger partial charge in [-0.2, -0.15) is 0 Å². The number of halogens is 1. The zero-order chi connectivity index (χ0) is 16.8. The van der Waals surface area contributed by atoms with E-state index in [1.165, 1.54) is 0 Å². The minimum atomic E-state index is -1.05. The summed E-state index contributed by atoms with van der Waals surface area (Å²) in [4.78, 5) is 22.6. The number of rotatable bonds is 5. The van der Waals surface area contributed by atoms with Crippen molar-refractivity contribution in [3.05, 3.63) is 59.1 Å². The SMILES string of the molecule is N[C@@H](Cc1ccc(NC(=O)Nc2ccc(Cl)cc2)cc1)C(=O)O. The second-order valence-corrected chi connectivity index (χ2v) is 5.37. The topological polar surface area (TPSA) is 104 Å². The molecule has 1 atom stereocenters. The van der Waals surface area contributed by atoms with Crippen molar-refractivity contribution in [2.24, 2.45) is 5.73 Å². The number of aliphatic carboxylic acids is 1. The number of urea groups is 1. The lowest BCUT2D eigenvalue weighted by Crippen LogP contribution is -2.32. The number of nitrogens with two attached hydrogens (primary N) is 1. The molecule has 120 valence electrons. The van der Waals surface area contributed by atoms with Crippen LogP contribution in [0.4, 0.5) is 16.2 Å². The Morgan fingerprint density at radius 1 is 1.00 bits per heavy atom. The quantitative estimate of drug-likeness (QED) is 0.675. The molecule has 23 heavy (non-hydrogen) atoms. The fourth-order valence-corrected chi connectivity index (χ4v) is 2.02. The van der Waals surface area contributed by atoms with Crippen LogP contribution in [0, 0.1) is 0 Å². The number of carboxylic acids is 1. The summed E-state index contributed by atoms with van der Waals surface area (Å²) in [6.45, 7) is 0. The molecule has 0 spiro atoms. The summed E-state index contributed by atoms with van der Waals surface area (Å²) in [5.41, 5.74) is 7.46. The predicted octanol–water partition coefficient (Wildman–Crippen LogP) is 2.94. The summed E-state index contributed by atoms with van der Waals surface area (Å²) in [5, 5.41) is 14.7. The standard InChI is InChI=1S/C16H16ClN3O3/c17-11-3-7-13(8-4-11)20-16(23)19-12-5-1-10(2-6-12)9-14(18)15(21)22/h1-8,14H,9,18H2,(H,21,22)(H2,19,20,23)/t14-/m0/s1. The predicted molar refractivity (Wildman–Crippen MR) is 89.9 cm³/mol. The first-order chi connectivity index (χ1) is 10.9. The molecule has 5 N–H and O–H groups in total. The van der Waals surface area contributed by atoms with E-state index in [2.05, 4.69) is 10.6 Å². The van der Waals surface area contributed by atoms with Crippen molar-refractivity contribution < 1.29 is 14.7 Å². The fourth-order valence-electron chi connectivity index (χ4n) is 1.89. The summed E-state index contributed by atoms with van der Waals surface area (Å²) in [7, 11) is 0. The smallest absolute Gasteiger partial charge is 0.323 e. The number of carbonyl (C=O) groups is 2. The molecule has 0 aliphatic carbocycles. The minimum absolute atomic E-state index is 0.229. The average Bonchev–Trinajstić information content (AvgIpc) is 2.51. The summed E-state index contributed by atoms with van der Waals surface area (Å²) in [6.07, 6.45) is 0.229. The Bertz CT molecular complexity index is 687. The second-order valence-electron chi connectivity index (χ2n) is 4.93. The van der Waals surface area contributed by atoms with Gasteiger partial charge in [-0.05, 0) is 48.4 Å². The van der Waals surface area contributed by atoms with Crippen molar-refractivity contribution in [1.82, 2.24) is 0 Å². The molecule has 6 nitrogen and oxygen atoms in total. The van der Waals surface area contributed by atoms with Crippen LogP contribution >= 0.6 is 11.6 Å². The molecule has 0 fully saturated rings. The lowest BCUT2D eigenvalue weighted by Gasteiger charge is -2.09. The molecular formula is C16H16ClN3O3. The van der Waals surface area contributed by atoms with Gasteiger partial charge >= 0.3 is 12.0 Å². The van der Waals surface area contributed by atoms with Gasteiger partial charge in [-0.15, -0.1) is 0 Å². The summed E-state index contributed by atoms with van der Waals surface area (Å²) >= 11 is 5.77. The highest BCUT2D eigenvalue weighted by atomic mass is 35.5. The van der Waals surface area contributed by atoms with Gasteiger partial charge in [0, 0.05) is 16.4 Å². The molecule has 0 saturated carbocycles. The van der Waals surface area contributed by atoms with Crippen LogP contribution in [0.25, 0.3) is 0 Å². The highest BCUT2D eigenvalue weighted by molar-refractivity contribution is 6.30. The molecule has 2 aromatic rings. The van der Waals surface area contributed by atoms with Gasteiger partial charge in [0.05, 0.1) is 0 Å². The van der Waals surface area contributed by atoms with E-state index in [-0.39, 0.29) is 12.5 Å². The Kier molecular flexibility index (Phi) is 5.56. The molecular weight excluding hydrogens is 318 g/mol. The van der Waals surface area contributed by atoms with Crippen LogP contribution in [-0.2, 0) is 11.2 Å². The van der Waals surface area contributed by atoms with E-state index in [4.69, 9.17) is 22.4 Å². The van der Waals surface area contributed by atoms with Crippen LogP contribution in [0.2, 0.25) is 5.02 Å². The Balaban J connectivity index is 1.91. The van der Waals surface area contributed by atoms with E-state index < -0.39 is 12.0 Å². The largest absolute Gasteiger partial charge is 0.480 e. The van der Waals surface area contributed by atoms with Gasteiger partial charge in [-0.1, -0.05) is 23.7 Å². The summed E-state index contributed by atoms with van der Waals surface area (Å²) < 4.78 is 0. The number of nitrogens with one attached hydrogen (secondary N) is 2. The van der Waals surface area contributed by atoms with E-state index in [9.17, 15) is 9.59 Å². The maximum Gasteiger partial charge on any atom is 0.323 e. The fraction of sp³-hybridized carbons (Fsp3) is 0.125.